The minimum absolute atomic E-state index is 0.0507. The van der Waals surface area contributed by atoms with E-state index < -0.39 is 22.0 Å². The van der Waals surface area contributed by atoms with Gasteiger partial charge in [0, 0.05) is 43.5 Å². The van der Waals surface area contributed by atoms with E-state index in [0.29, 0.717) is 26.1 Å². The number of pyridine rings is 1. The van der Waals surface area contributed by atoms with Crippen molar-refractivity contribution in [2.24, 2.45) is 5.92 Å². The first kappa shape index (κ1) is 25.5. The lowest BCUT2D eigenvalue weighted by molar-refractivity contribution is -0.123. The van der Waals surface area contributed by atoms with E-state index in [1.165, 1.54) is 28.6 Å². The maximum absolute atomic E-state index is 12.8. The van der Waals surface area contributed by atoms with Crippen molar-refractivity contribution in [1.29, 1.82) is 0 Å². The molecule has 0 fully saturated rings. The van der Waals surface area contributed by atoms with E-state index in [-0.39, 0.29) is 22.3 Å². The summed E-state index contributed by atoms with van der Waals surface area (Å²) in [7, 11) is -3.69. The molecular weight excluding hydrogens is 428 g/mol. The molecular formula is C23H32N4O4S. The molecule has 0 aliphatic heterocycles. The number of sulfonamides is 1. The molecule has 2 rings (SSSR count). The Morgan fingerprint density at radius 3 is 2.38 bits per heavy atom. The normalized spacial score (nSPS) is 12.6. The van der Waals surface area contributed by atoms with Crippen molar-refractivity contribution in [3.63, 3.8) is 0 Å². The SMILES string of the molecule is CCN(CC)S(=O)(=O)c1cccc(C(=O)N[C@@H](C(=O)NCCc2ccccn2)C(C)C)c1. The van der Waals surface area contributed by atoms with E-state index in [1.54, 1.807) is 20.0 Å². The second kappa shape index (κ2) is 11.7. The summed E-state index contributed by atoms with van der Waals surface area (Å²) in [4.78, 5) is 29.8. The van der Waals surface area contributed by atoms with Gasteiger partial charge in [0.05, 0.1) is 4.90 Å². The summed E-state index contributed by atoms with van der Waals surface area (Å²) >= 11 is 0. The third-order valence-corrected chi connectivity index (χ3v) is 7.13. The summed E-state index contributed by atoms with van der Waals surface area (Å²) in [5, 5.41) is 5.58. The second-order valence-electron chi connectivity index (χ2n) is 7.67. The van der Waals surface area contributed by atoms with Crippen molar-refractivity contribution in [2.45, 2.75) is 45.1 Å². The maximum atomic E-state index is 12.8. The van der Waals surface area contributed by atoms with Gasteiger partial charge >= 0.3 is 0 Å². The summed E-state index contributed by atoms with van der Waals surface area (Å²) in [6.07, 6.45) is 2.28. The molecule has 0 unspecified atom stereocenters. The van der Waals surface area contributed by atoms with Gasteiger partial charge in [-0.3, -0.25) is 14.6 Å². The second-order valence-corrected chi connectivity index (χ2v) is 9.61. The van der Waals surface area contributed by atoms with Crippen LogP contribution in [0.4, 0.5) is 0 Å². The van der Waals surface area contributed by atoms with Crippen LogP contribution in [0.25, 0.3) is 0 Å². The van der Waals surface area contributed by atoms with Crippen molar-refractivity contribution in [3.05, 3.63) is 59.9 Å². The fourth-order valence-corrected chi connectivity index (χ4v) is 4.74. The van der Waals surface area contributed by atoms with Crippen molar-refractivity contribution in [3.8, 4) is 0 Å². The van der Waals surface area contributed by atoms with Crippen LogP contribution >= 0.6 is 0 Å². The molecule has 9 heteroatoms. The average Bonchev–Trinajstić information content (AvgIpc) is 2.78. The molecule has 2 aromatic rings. The number of carbonyl (C=O) groups excluding carboxylic acids is 2. The van der Waals surface area contributed by atoms with E-state index in [2.05, 4.69) is 15.6 Å². The van der Waals surface area contributed by atoms with Crippen LogP contribution in [0, 0.1) is 5.92 Å². The Morgan fingerprint density at radius 2 is 1.78 bits per heavy atom. The number of aromatic nitrogens is 1. The smallest absolute Gasteiger partial charge is 0.251 e. The molecule has 0 spiro atoms. The molecule has 0 radical (unpaired) electrons. The molecule has 0 saturated carbocycles. The van der Waals surface area contributed by atoms with Crippen LogP contribution in [0.15, 0.2) is 53.6 Å². The lowest BCUT2D eigenvalue weighted by atomic mass is 10.0. The quantitative estimate of drug-likeness (QED) is 0.535. The van der Waals surface area contributed by atoms with Crippen molar-refractivity contribution in [2.75, 3.05) is 19.6 Å². The standard InChI is InChI=1S/C23H32N4O4S/c1-5-27(6-2)32(30,31)20-12-9-10-18(16-20)22(28)26-21(17(3)4)23(29)25-15-13-19-11-7-8-14-24-19/h7-12,14,16-17,21H,5-6,13,15H2,1-4H3,(H,25,29)(H,26,28)/t21-/m1/s1. The third kappa shape index (κ3) is 6.61. The highest BCUT2D eigenvalue weighted by Crippen LogP contribution is 2.17. The lowest BCUT2D eigenvalue weighted by Gasteiger charge is -2.22. The van der Waals surface area contributed by atoms with Crippen LogP contribution in [-0.4, -0.2) is 55.2 Å². The largest absolute Gasteiger partial charge is 0.354 e. The van der Waals surface area contributed by atoms with Crippen LogP contribution in [0.5, 0.6) is 0 Å². The monoisotopic (exact) mass is 460 g/mol. The van der Waals surface area contributed by atoms with E-state index >= 15 is 0 Å². The van der Waals surface area contributed by atoms with Crippen LogP contribution in [-0.2, 0) is 21.2 Å². The molecule has 174 valence electrons. The fourth-order valence-electron chi connectivity index (χ4n) is 3.24. The molecule has 1 atom stereocenters. The topological polar surface area (TPSA) is 108 Å². The number of nitrogens with zero attached hydrogens (tertiary/aromatic N) is 2. The van der Waals surface area contributed by atoms with Gasteiger partial charge in [-0.25, -0.2) is 8.42 Å². The number of nitrogens with one attached hydrogen (secondary N) is 2. The number of rotatable bonds is 11. The van der Waals surface area contributed by atoms with Crippen molar-refractivity contribution in [1.82, 2.24) is 19.9 Å². The molecule has 1 aromatic heterocycles. The van der Waals surface area contributed by atoms with E-state index in [4.69, 9.17) is 0 Å². The predicted octanol–water partition coefficient (Wildman–Crippen LogP) is 2.23. The minimum Gasteiger partial charge on any atom is -0.354 e. The summed E-state index contributed by atoms with van der Waals surface area (Å²) in [5.41, 5.74) is 1.05. The predicted molar refractivity (Wildman–Crippen MR) is 124 cm³/mol. The maximum Gasteiger partial charge on any atom is 0.251 e. The molecule has 0 aliphatic rings. The molecule has 2 amide bonds. The highest BCUT2D eigenvalue weighted by molar-refractivity contribution is 7.89. The third-order valence-electron chi connectivity index (χ3n) is 5.08. The van der Waals surface area contributed by atoms with E-state index in [0.717, 1.165) is 5.69 Å². The number of benzene rings is 1. The van der Waals surface area contributed by atoms with Gasteiger partial charge in [0.1, 0.15) is 6.04 Å². The zero-order valence-electron chi connectivity index (χ0n) is 19.0. The average molecular weight is 461 g/mol. The molecule has 0 aliphatic carbocycles. The van der Waals surface area contributed by atoms with E-state index in [9.17, 15) is 18.0 Å². The van der Waals surface area contributed by atoms with E-state index in [1.807, 2.05) is 32.0 Å². The van der Waals surface area contributed by atoms with Gasteiger partial charge in [-0.2, -0.15) is 4.31 Å². The Bertz CT molecular complexity index is 1010. The van der Waals surface area contributed by atoms with Crippen LogP contribution in [0.1, 0.15) is 43.7 Å². The minimum atomic E-state index is -3.69. The lowest BCUT2D eigenvalue weighted by Crippen LogP contribution is -2.50. The molecule has 1 aromatic carbocycles. The number of hydrogen-bond donors (Lipinski definition) is 2. The Balaban J connectivity index is 2.08. The summed E-state index contributed by atoms with van der Waals surface area (Å²) < 4.78 is 26.9. The van der Waals surface area contributed by atoms with Gasteiger partial charge in [-0.05, 0) is 36.2 Å². The Morgan fingerprint density at radius 1 is 1.06 bits per heavy atom. The van der Waals surface area contributed by atoms with Gasteiger partial charge in [0.2, 0.25) is 15.9 Å². The zero-order valence-corrected chi connectivity index (χ0v) is 19.9. The zero-order chi connectivity index (χ0) is 23.7. The van der Waals surface area contributed by atoms with Crippen LogP contribution < -0.4 is 10.6 Å². The van der Waals surface area contributed by atoms with Crippen LogP contribution in [0.3, 0.4) is 0 Å². The highest BCUT2D eigenvalue weighted by Gasteiger charge is 2.26. The molecule has 0 saturated heterocycles. The van der Waals surface area contributed by atoms with Gasteiger partial charge < -0.3 is 10.6 Å². The van der Waals surface area contributed by atoms with Gasteiger partial charge in [-0.1, -0.05) is 39.8 Å². The Kier molecular flexibility index (Phi) is 9.34. The Hall–Kier alpha value is -2.78. The van der Waals surface area contributed by atoms with Gasteiger partial charge in [0.15, 0.2) is 0 Å². The van der Waals surface area contributed by atoms with Crippen molar-refractivity contribution < 1.29 is 18.0 Å². The Labute approximate surface area is 190 Å². The van der Waals surface area contributed by atoms with Crippen LogP contribution in [0.2, 0.25) is 0 Å². The highest BCUT2D eigenvalue weighted by atomic mass is 32.2. The first-order valence-electron chi connectivity index (χ1n) is 10.8. The molecule has 2 N–H and O–H groups in total. The first-order valence-corrected chi connectivity index (χ1v) is 12.2. The summed E-state index contributed by atoms with van der Waals surface area (Å²) in [6.45, 7) is 8.27. The van der Waals surface area contributed by atoms with Gasteiger partial charge in [-0.15, -0.1) is 0 Å². The fraction of sp³-hybridized carbons (Fsp3) is 0.435. The van der Waals surface area contributed by atoms with Gasteiger partial charge in [0.25, 0.3) is 5.91 Å². The molecule has 8 nitrogen and oxygen atoms in total. The number of hydrogen-bond acceptors (Lipinski definition) is 5. The molecule has 0 bridgehead atoms. The first-order chi connectivity index (χ1) is 15.2. The summed E-state index contributed by atoms with van der Waals surface area (Å²) in [6, 6.07) is 10.7. The number of carbonyl (C=O) groups is 2. The molecule has 32 heavy (non-hydrogen) atoms. The van der Waals surface area contributed by atoms with Crippen molar-refractivity contribution >= 4 is 21.8 Å². The number of amides is 2. The summed E-state index contributed by atoms with van der Waals surface area (Å²) in [5.74, 6) is -0.951. The molecule has 1 heterocycles.